The van der Waals surface area contributed by atoms with Crippen molar-refractivity contribution in [1.82, 2.24) is 9.78 Å². The lowest BCUT2D eigenvalue weighted by atomic mass is 10.0. The van der Waals surface area contributed by atoms with Crippen molar-refractivity contribution in [2.24, 2.45) is 4.99 Å². The second kappa shape index (κ2) is 6.66. The summed E-state index contributed by atoms with van der Waals surface area (Å²) in [5.74, 6) is -0.526. The quantitative estimate of drug-likeness (QED) is 0.700. The monoisotopic (exact) mass is 381 g/mol. The van der Waals surface area contributed by atoms with Gasteiger partial charge in [0.25, 0.3) is 0 Å². The van der Waals surface area contributed by atoms with Crippen molar-refractivity contribution < 1.29 is 14.3 Å². The Morgan fingerprint density at radius 2 is 1.78 bits per heavy atom. The third kappa shape index (κ3) is 3.14. The highest BCUT2D eigenvalue weighted by molar-refractivity contribution is 8.14. The van der Waals surface area contributed by atoms with Gasteiger partial charge in [0, 0.05) is 5.56 Å². The molecule has 0 amide bonds. The zero-order chi connectivity index (χ0) is 19.1. The maximum Gasteiger partial charge on any atom is 0.335 e. The minimum absolute atomic E-state index is 0.0328. The summed E-state index contributed by atoms with van der Waals surface area (Å²) < 4.78 is 15.0. The molecule has 0 aliphatic carbocycles. The minimum atomic E-state index is -0.948. The summed E-state index contributed by atoms with van der Waals surface area (Å²) in [6.45, 7) is 3.86. The molecule has 136 valence electrons. The highest BCUT2D eigenvalue weighted by atomic mass is 32.2. The highest BCUT2D eigenvalue weighted by Crippen LogP contribution is 2.47. The van der Waals surface area contributed by atoms with Crippen molar-refractivity contribution in [3.05, 3.63) is 76.7 Å². The average Bonchev–Trinajstić information content (AvgIpc) is 2.98. The van der Waals surface area contributed by atoms with Crippen molar-refractivity contribution in [2.45, 2.75) is 19.1 Å². The molecule has 3 aromatic rings. The molecule has 4 rings (SSSR count). The number of carboxylic acid groups (broad SMARTS) is 1. The number of hydrogen-bond acceptors (Lipinski definition) is 4. The molecule has 0 spiro atoms. The number of rotatable bonds is 3. The van der Waals surface area contributed by atoms with Gasteiger partial charge >= 0.3 is 5.97 Å². The molecule has 2 aromatic carbocycles. The number of fused-ring (bicyclic) bond motifs is 1. The molecule has 0 fully saturated rings. The highest BCUT2D eigenvalue weighted by Gasteiger charge is 2.30. The van der Waals surface area contributed by atoms with Gasteiger partial charge < -0.3 is 5.11 Å². The van der Waals surface area contributed by atoms with Crippen LogP contribution in [0.2, 0.25) is 0 Å². The number of aromatic carboxylic acids is 1. The molecule has 0 radical (unpaired) electrons. The normalized spacial score (nSPS) is 16.0. The molecular weight excluding hydrogens is 365 g/mol. The Hall–Kier alpha value is -2.93. The SMILES string of the molecule is CC1=Nc2c(c(C)nn2-c2ccc(F)cc2)[C@@H](c2ccc(C(=O)O)cc2)S1. The van der Waals surface area contributed by atoms with E-state index in [9.17, 15) is 9.18 Å². The van der Waals surface area contributed by atoms with Crippen LogP contribution in [0.5, 0.6) is 0 Å². The Morgan fingerprint density at radius 1 is 1.11 bits per heavy atom. The maximum absolute atomic E-state index is 13.3. The van der Waals surface area contributed by atoms with E-state index in [1.165, 1.54) is 12.1 Å². The maximum atomic E-state index is 13.3. The number of carbonyl (C=O) groups is 1. The van der Waals surface area contributed by atoms with Crippen LogP contribution < -0.4 is 0 Å². The molecule has 0 bridgehead atoms. The van der Waals surface area contributed by atoms with E-state index < -0.39 is 5.97 Å². The third-order valence-electron chi connectivity index (χ3n) is 4.43. The number of halogens is 1. The molecule has 1 aromatic heterocycles. The Balaban J connectivity index is 1.82. The molecular formula is C20H16FN3O2S. The van der Waals surface area contributed by atoms with Crippen molar-refractivity contribution in [2.75, 3.05) is 0 Å². The van der Waals surface area contributed by atoms with Crippen molar-refractivity contribution in [3.63, 3.8) is 0 Å². The van der Waals surface area contributed by atoms with Crippen molar-refractivity contribution >= 4 is 28.6 Å². The predicted molar refractivity (Wildman–Crippen MR) is 104 cm³/mol. The number of hydrogen-bond donors (Lipinski definition) is 1. The van der Waals surface area contributed by atoms with E-state index in [-0.39, 0.29) is 16.6 Å². The van der Waals surface area contributed by atoms with E-state index >= 15 is 0 Å². The van der Waals surface area contributed by atoms with E-state index in [4.69, 9.17) is 5.11 Å². The summed E-state index contributed by atoms with van der Waals surface area (Å²) >= 11 is 1.61. The van der Waals surface area contributed by atoms with Gasteiger partial charge in [-0.2, -0.15) is 5.10 Å². The Bertz CT molecular complexity index is 1060. The summed E-state index contributed by atoms with van der Waals surface area (Å²) in [5.41, 5.74) is 3.80. The fourth-order valence-corrected chi connectivity index (χ4v) is 4.31. The fraction of sp³-hybridized carbons (Fsp3) is 0.150. The Labute approximate surface area is 159 Å². The number of carboxylic acids is 1. The zero-order valence-corrected chi connectivity index (χ0v) is 15.5. The number of aliphatic imine (C=N–C) groups is 1. The van der Waals surface area contributed by atoms with Crippen LogP contribution in [0.25, 0.3) is 5.69 Å². The van der Waals surface area contributed by atoms with Crippen LogP contribution in [0.3, 0.4) is 0 Å². The van der Waals surface area contributed by atoms with Crippen LogP contribution in [-0.4, -0.2) is 25.9 Å². The van der Waals surface area contributed by atoms with E-state index in [0.717, 1.165) is 33.4 Å². The molecule has 5 nitrogen and oxygen atoms in total. The molecule has 1 atom stereocenters. The first kappa shape index (κ1) is 17.5. The van der Waals surface area contributed by atoms with Crippen LogP contribution >= 0.6 is 11.8 Å². The molecule has 2 heterocycles. The lowest BCUT2D eigenvalue weighted by Gasteiger charge is -2.22. The molecule has 0 saturated carbocycles. The number of nitrogens with zero attached hydrogens (tertiary/aromatic N) is 3. The number of thioether (sulfide) groups is 1. The van der Waals surface area contributed by atoms with Gasteiger partial charge in [-0.15, -0.1) is 0 Å². The second-order valence-corrected chi connectivity index (χ2v) is 7.56. The van der Waals surface area contributed by atoms with Gasteiger partial charge in [0.15, 0.2) is 5.82 Å². The lowest BCUT2D eigenvalue weighted by Crippen LogP contribution is -2.07. The number of benzene rings is 2. The van der Waals surface area contributed by atoms with Gasteiger partial charge in [0.05, 0.1) is 27.2 Å². The first-order chi connectivity index (χ1) is 12.9. The van der Waals surface area contributed by atoms with Crippen molar-refractivity contribution in [3.8, 4) is 5.69 Å². The zero-order valence-electron chi connectivity index (χ0n) is 14.7. The third-order valence-corrected chi connectivity index (χ3v) is 5.60. The van der Waals surface area contributed by atoms with Gasteiger partial charge in [0.1, 0.15) is 5.82 Å². The summed E-state index contributed by atoms with van der Waals surface area (Å²) in [6.07, 6.45) is 0. The molecule has 1 aliphatic rings. The van der Waals surface area contributed by atoms with Gasteiger partial charge in [0.2, 0.25) is 0 Å². The van der Waals surface area contributed by atoms with Crippen LogP contribution in [0.4, 0.5) is 10.2 Å². The summed E-state index contributed by atoms with van der Waals surface area (Å²) in [7, 11) is 0. The largest absolute Gasteiger partial charge is 0.478 e. The molecule has 0 unspecified atom stereocenters. The van der Waals surface area contributed by atoms with Gasteiger partial charge in [-0.05, 0) is 55.8 Å². The van der Waals surface area contributed by atoms with E-state index in [2.05, 4.69) is 10.1 Å². The van der Waals surface area contributed by atoms with E-state index in [0.29, 0.717) is 0 Å². The first-order valence-electron chi connectivity index (χ1n) is 8.34. The van der Waals surface area contributed by atoms with E-state index in [1.54, 1.807) is 40.7 Å². The summed E-state index contributed by atoms with van der Waals surface area (Å²) in [4.78, 5) is 15.8. The van der Waals surface area contributed by atoms with Crippen LogP contribution in [-0.2, 0) is 0 Å². The molecule has 1 aliphatic heterocycles. The first-order valence-corrected chi connectivity index (χ1v) is 9.22. The molecule has 0 saturated heterocycles. The van der Waals surface area contributed by atoms with E-state index in [1.807, 2.05) is 26.0 Å². The van der Waals surface area contributed by atoms with Crippen molar-refractivity contribution in [1.29, 1.82) is 0 Å². The Kier molecular flexibility index (Phi) is 4.31. The molecule has 27 heavy (non-hydrogen) atoms. The Morgan fingerprint density at radius 3 is 2.41 bits per heavy atom. The molecule has 7 heteroatoms. The van der Waals surface area contributed by atoms with Gasteiger partial charge in [-0.3, -0.25) is 0 Å². The summed E-state index contributed by atoms with van der Waals surface area (Å²) in [6, 6.07) is 13.0. The van der Waals surface area contributed by atoms with Crippen LogP contribution in [0.1, 0.15) is 39.4 Å². The van der Waals surface area contributed by atoms with Gasteiger partial charge in [-0.1, -0.05) is 23.9 Å². The lowest BCUT2D eigenvalue weighted by molar-refractivity contribution is 0.0697. The average molecular weight is 381 g/mol. The number of aromatic nitrogens is 2. The minimum Gasteiger partial charge on any atom is -0.478 e. The van der Waals surface area contributed by atoms with Crippen LogP contribution in [0, 0.1) is 12.7 Å². The summed E-state index contributed by atoms with van der Waals surface area (Å²) in [5, 5.41) is 14.6. The molecule has 1 N–H and O–H groups in total. The topological polar surface area (TPSA) is 67.5 Å². The number of aryl methyl sites for hydroxylation is 1. The standard InChI is InChI=1S/C20H16FN3O2S/c1-11-17-18(13-3-5-14(6-4-13)20(25)26)27-12(2)22-19(17)24(23-11)16-9-7-15(21)8-10-16/h3-10,18H,1-2H3,(H,25,26)/t18-/m1/s1. The van der Waals surface area contributed by atoms with Crippen LogP contribution in [0.15, 0.2) is 53.5 Å². The fourth-order valence-electron chi connectivity index (χ4n) is 3.14. The second-order valence-electron chi connectivity index (χ2n) is 6.27. The smallest absolute Gasteiger partial charge is 0.335 e. The van der Waals surface area contributed by atoms with Gasteiger partial charge in [-0.25, -0.2) is 18.9 Å². The predicted octanol–water partition coefficient (Wildman–Crippen LogP) is 4.90.